The average Bonchev–Trinajstić information content (AvgIpc) is 3.66. The highest BCUT2D eigenvalue weighted by atomic mass is 32.2. The van der Waals surface area contributed by atoms with E-state index in [1.165, 1.54) is 10.9 Å². The molecule has 0 fully saturated rings. The zero-order chi connectivity index (χ0) is 25.1. The quantitative estimate of drug-likeness (QED) is 0.261. The lowest BCUT2D eigenvalue weighted by atomic mass is 10.0. The van der Waals surface area contributed by atoms with Gasteiger partial charge in [-0.05, 0) is 36.1 Å². The third-order valence-corrected chi connectivity index (χ3v) is 8.15. The van der Waals surface area contributed by atoms with Crippen LogP contribution in [0.1, 0.15) is 29.8 Å². The van der Waals surface area contributed by atoms with Gasteiger partial charge < -0.3 is 14.0 Å². The molecule has 1 N–H and O–H groups in total. The second-order valence-electron chi connectivity index (χ2n) is 8.45. The first-order valence-corrected chi connectivity index (χ1v) is 13.8. The summed E-state index contributed by atoms with van der Waals surface area (Å²) in [5.41, 5.74) is 6.36. The van der Waals surface area contributed by atoms with E-state index in [9.17, 15) is 4.79 Å². The maximum Gasteiger partial charge on any atom is 0.252 e. The molecule has 1 unspecified atom stereocenters. The molecule has 5 rings (SSSR count). The number of nitrogens with zero attached hydrogens (tertiary/aromatic N) is 2. The number of thiophene rings is 1. The molecule has 0 saturated carbocycles. The number of thioether (sulfide) groups is 1. The first-order chi connectivity index (χ1) is 17.6. The minimum Gasteiger partial charge on any atom is -0.493 e. The van der Waals surface area contributed by atoms with Gasteiger partial charge in [-0.25, -0.2) is 5.01 Å². The molecule has 6 nitrogen and oxygen atoms in total. The van der Waals surface area contributed by atoms with Crippen LogP contribution in [-0.4, -0.2) is 35.5 Å². The maximum atomic E-state index is 13.7. The molecule has 2 aromatic heterocycles. The first kappa shape index (κ1) is 24.3. The van der Waals surface area contributed by atoms with Gasteiger partial charge in [-0.2, -0.15) is 0 Å². The minimum absolute atomic E-state index is 0.00926. The summed E-state index contributed by atoms with van der Waals surface area (Å²) in [5, 5.41) is 4.93. The zero-order valence-corrected chi connectivity index (χ0v) is 22.2. The number of nitrogens with one attached hydrogen (secondary N) is 1. The average molecular weight is 520 g/mol. The van der Waals surface area contributed by atoms with E-state index in [2.05, 4.69) is 59.5 Å². The third kappa shape index (κ3) is 4.58. The summed E-state index contributed by atoms with van der Waals surface area (Å²) < 4.78 is 13.5. The second kappa shape index (κ2) is 10.7. The Hall–Kier alpha value is -3.36. The zero-order valence-electron chi connectivity index (χ0n) is 20.6. The Morgan fingerprint density at radius 3 is 2.69 bits per heavy atom. The molecule has 1 aliphatic heterocycles. The van der Waals surface area contributed by atoms with Gasteiger partial charge in [0.2, 0.25) is 0 Å². The van der Waals surface area contributed by atoms with Crippen LogP contribution in [0.3, 0.4) is 0 Å². The van der Waals surface area contributed by atoms with Crippen molar-refractivity contribution in [1.82, 2.24) is 15.0 Å². The molecule has 1 amide bonds. The van der Waals surface area contributed by atoms with E-state index in [-0.39, 0.29) is 11.9 Å². The SMILES string of the molecule is CCCn1cc(SCC(=O)N2NC(c3cccs3)=CC2c2cccc(OC)c2OC)c2ccccc21. The lowest BCUT2D eigenvalue weighted by molar-refractivity contribution is -0.131. The van der Waals surface area contributed by atoms with Gasteiger partial charge in [0.1, 0.15) is 6.04 Å². The van der Waals surface area contributed by atoms with Crippen LogP contribution in [0.15, 0.2) is 77.1 Å². The summed E-state index contributed by atoms with van der Waals surface area (Å²) in [4.78, 5) is 15.9. The van der Waals surface area contributed by atoms with E-state index in [4.69, 9.17) is 9.47 Å². The van der Waals surface area contributed by atoms with E-state index < -0.39 is 0 Å². The number of benzene rings is 2. The van der Waals surface area contributed by atoms with Crippen molar-refractivity contribution in [3.05, 3.63) is 82.7 Å². The van der Waals surface area contributed by atoms with Crippen molar-refractivity contribution in [3.63, 3.8) is 0 Å². The second-order valence-corrected chi connectivity index (χ2v) is 10.4. The Bertz CT molecular complexity index is 1390. The molecule has 0 bridgehead atoms. The Morgan fingerprint density at radius 2 is 1.94 bits per heavy atom. The van der Waals surface area contributed by atoms with Crippen molar-refractivity contribution in [2.75, 3.05) is 20.0 Å². The van der Waals surface area contributed by atoms with Gasteiger partial charge in [0.15, 0.2) is 11.5 Å². The van der Waals surface area contributed by atoms with Crippen LogP contribution in [0.2, 0.25) is 0 Å². The van der Waals surface area contributed by atoms with Crippen LogP contribution in [0, 0.1) is 0 Å². The highest BCUT2D eigenvalue weighted by Gasteiger charge is 2.33. The van der Waals surface area contributed by atoms with Crippen LogP contribution in [0.4, 0.5) is 0 Å². The smallest absolute Gasteiger partial charge is 0.252 e. The van der Waals surface area contributed by atoms with Crippen LogP contribution >= 0.6 is 23.1 Å². The third-order valence-electron chi connectivity index (χ3n) is 6.22. The molecule has 0 aliphatic carbocycles. The number of amides is 1. The van der Waals surface area contributed by atoms with Crippen molar-refractivity contribution in [1.29, 1.82) is 0 Å². The molecule has 0 radical (unpaired) electrons. The van der Waals surface area contributed by atoms with Crippen molar-refractivity contribution >= 4 is 45.6 Å². The monoisotopic (exact) mass is 519 g/mol. The van der Waals surface area contributed by atoms with Crippen LogP contribution in [0.5, 0.6) is 11.5 Å². The van der Waals surface area contributed by atoms with E-state index in [0.717, 1.165) is 34.0 Å². The number of hydrazine groups is 1. The van der Waals surface area contributed by atoms with Crippen molar-refractivity contribution in [2.24, 2.45) is 0 Å². The van der Waals surface area contributed by atoms with E-state index in [0.29, 0.717) is 17.3 Å². The highest BCUT2D eigenvalue weighted by Crippen LogP contribution is 2.41. The summed E-state index contributed by atoms with van der Waals surface area (Å²) >= 11 is 3.21. The largest absolute Gasteiger partial charge is 0.493 e. The van der Waals surface area contributed by atoms with E-state index in [1.54, 1.807) is 42.3 Å². The lowest BCUT2D eigenvalue weighted by Crippen LogP contribution is -2.40. The summed E-state index contributed by atoms with van der Waals surface area (Å²) in [6, 6.07) is 17.9. The summed E-state index contributed by atoms with van der Waals surface area (Å²) in [5.74, 6) is 1.56. The fraction of sp³-hybridized carbons (Fsp3) is 0.250. The predicted octanol–water partition coefficient (Wildman–Crippen LogP) is 6.35. The molecule has 4 aromatic rings. The molecule has 0 spiro atoms. The number of aryl methyl sites for hydroxylation is 1. The molecule has 2 aromatic carbocycles. The Labute approximate surface area is 219 Å². The van der Waals surface area contributed by atoms with Gasteiger partial charge in [-0.3, -0.25) is 10.2 Å². The number of carbonyl (C=O) groups excluding carboxylic acids is 1. The van der Waals surface area contributed by atoms with Gasteiger partial charge in [0, 0.05) is 34.1 Å². The predicted molar refractivity (Wildman–Crippen MR) is 148 cm³/mol. The summed E-state index contributed by atoms with van der Waals surface area (Å²) in [7, 11) is 3.25. The van der Waals surface area contributed by atoms with E-state index in [1.807, 2.05) is 29.6 Å². The maximum absolute atomic E-state index is 13.7. The molecule has 1 aliphatic rings. The highest BCUT2D eigenvalue weighted by molar-refractivity contribution is 8.00. The van der Waals surface area contributed by atoms with Crippen LogP contribution < -0.4 is 14.9 Å². The fourth-order valence-electron chi connectivity index (χ4n) is 4.59. The van der Waals surface area contributed by atoms with Gasteiger partial charge in [-0.1, -0.05) is 43.3 Å². The number of hydrogen-bond acceptors (Lipinski definition) is 6. The normalized spacial score (nSPS) is 15.1. The lowest BCUT2D eigenvalue weighted by Gasteiger charge is -2.27. The number of ether oxygens (including phenoxy) is 2. The van der Waals surface area contributed by atoms with Gasteiger partial charge >= 0.3 is 0 Å². The first-order valence-electron chi connectivity index (χ1n) is 11.9. The Kier molecular flexibility index (Phi) is 7.25. The molecule has 1 atom stereocenters. The van der Waals surface area contributed by atoms with Crippen molar-refractivity contribution in [2.45, 2.75) is 30.8 Å². The van der Waals surface area contributed by atoms with Gasteiger partial charge in [-0.15, -0.1) is 23.1 Å². The van der Waals surface area contributed by atoms with E-state index >= 15 is 0 Å². The van der Waals surface area contributed by atoms with Gasteiger partial charge in [0.25, 0.3) is 5.91 Å². The number of methoxy groups -OCH3 is 2. The summed E-state index contributed by atoms with van der Waals surface area (Å²) in [6.45, 7) is 3.13. The Balaban J connectivity index is 1.44. The van der Waals surface area contributed by atoms with Crippen molar-refractivity contribution < 1.29 is 14.3 Å². The topological polar surface area (TPSA) is 55.7 Å². The molecule has 3 heterocycles. The molecule has 8 heteroatoms. The van der Waals surface area contributed by atoms with Crippen LogP contribution in [-0.2, 0) is 11.3 Å². The standard InChI is InChI=1S/C28H29N3O3S2/c1-4-14-30-17-26(19-9-5-6-11-22(19)30)36-18-27(32)31-23(16-21(29-31)25-13-8-15-35-25)20-10-7-12-24(33-2)28(20)34-3/h5-13,15-17,23,29H,4,14,18H2,1-3H3. The van der Waals surface area contributed by atoms with Crippen molar-refractivity contribution in [3.8, 4) is 11.5 Å². The molecule has 36 heavy (non-hydrogen) atoms. The van der Waals surface area contributed by atoms with Gasteiger partial charge in [0.05, 0.1) is 30.5 Å². The molecular weight excluding hydrogens is 490 g/mol. The Morgan fingerprint density at radius 1 is 1.08 bits per heavy atom. The molecular formula is C28H29N3O3S2. The van der Waals surface area contributed by atoms with Crippen LogP contribution in [0.25, 0.3) is 16.6 Å². The molecule has 186 valence electrons. The number of carbonyl (C=O) groups is 1. The molecule has 0 saturated heterocycles. The summed E-state index contributed by atoms with van der Waals surface area (Å²) in [6.07, 6.45) is 5.31. The number of para-hydroxylation sites is 2. The number of rotatable bonds is 9. The number of hydrogen-bond donors (Lipinski definition) is 1. The minimum atomic E-state index is -0.332. The fourth-order valence-corrected chi connectivity index (χ4v) is 6.24. The number of aromatic nitrogens is 1. The number of fused-ring (bicyclic) bond motifs is 1.